The molecule has 3 N–H and O–H groups in total. The maximum absolute atomic E-state index is 5.60. The molecular weight excluding hydrogens is 315 g/mol. The molecule has 0 aliphatic rings. The summed E-state index contributed by atoms with van der Waals surface area (Å²) in [5.41, 5.74) is 3.90. The van der Waals surface area contributed by atoms with Crippen LogP contribution in [0.2, 0.25) is 0 Å². The third kappa shape index (κ3) is 2.26. The van der Waals surface area contributed by atoms with Gasteiger partial charge in [0, 0.05) is 23.0 Å². The zero-order valence-electron chi connectivity index (χ0n) is 8.89. The van der Waals surface area contributed by atoms with E-state index >= 15 is 0 Å². The summed E-state index contributed by atoms with van der Waals surface area (Å²) in [7, 11) is 1.96. The quantitative estimate of drug-likeness (QED) is 0.511. The lowest BCUT2D eigenvalue weighted by atomic mass is 10.1. The van der Waals surface area contributed by atoms with Crippen molar-refractivity contribution in [3.63, 3.8) is 0 Å². The average molecular weight is 328 g/mol. The van der Waals surface area contributed by atoms with Crippen LogP contribution >= 0.6 is 22.6 Å². The van der Waals surface area contributed by atoms with Crippen LogP contribution in [0.25, 0.3) is 0 Å². The number of hydrogen-bond acceptors (Lipinski definition) is 3. The first kappa shape index (κ1) is 11.6. The first-order valence-corrected chi connectivity index (χ1v) is 5.99. The van der Waals surface area contributed by atoms with Crippen molar-refractivity contribution in [2.24, 2.45) is 12.9 Å². The number of rotatable bonds is 3. The summed E-state index contributed by atoms with van der Waals surface area (Å²) in [5.74, 6) is 6.50. The number of imidazole rings is 1. The van der Waals surface area contributed by atoms with Crippen molar-refractivity contribution >= 4 is 22.6 Å². The Morgan fingerprint density at radius 1 is 1.38 bits per heavy atom. The molecular formula is C11H13IN4. The van der Waals surface area contributed by atoms with E-state index in [1.807, 2.05) is 17.8 Å². The minimum atomic E-state index is -0.0722. The molecule has 0 saturated carbocycles. The molecule has 1 atom stereocenters. The van der Waals surface area contributed by atoms with Gasteiger partial charge < -0.3 is 4.57 Å². The molecule has 1 aromatic carbocycles. The lowest BCUT2D eigenvalue weighted by Gasteiger charge is -2.16. The molecule has 1 heterocycles. The van der Waals surface area contributed by atoms with Crippen molar-refractivity contribution in [2.45, 2.75) is 6.04 Å². The van der Waals surface area contributed by atoms with Gasteiger partial charge in [-0.15, -0.1) is 0 Å². The lowest BCUT2D eigenvalue weighted by molar-refractivity contribution is 0.580. The van der Waals surface area contributed by atoms with Crippen molar-refractivity contribution in [1.82, 2.24) is 15.0 Å². The minimum Gasteiger partial charge on any atom is -0.336 e. The van der Waals surface area contributed by atoms with Crippen molar-refractivity contribution in [3.8, 4) is 0 Å². The second-order valence-corrected chi connectivity index (χ2v) is 4.79. The topological polar surface area (TPSA) is 55.9 Å². The predicted molar refractivity (Wildman–Crippen MR) is 71.5 cm³/mol. The summed E-state index contributed by atoms with van der Waals surface area (Å²) in [6.45, 7) is 0. The number of benzene rings is 1. The molecule has 2 aromatic rings. The van der Waals surface area contributed by atoms with Gasteiger partial charge in [-0.3, -0.25) is 5.84 Å². The smallest absolute Gasteiger partial charge is 0.131 e. The summed E-state index contributed by atoms with van der Waals surface area (Å²) in [6.07, 6.45) is 3.68. The van der Waals surface area contributed by atoms with Gasteiger partial charge in [0.25, 0.3) is 0 Å². The van der Waals surface area contributed by atoms with Gasteiger partial charge in [-0.05, 0) is 40.3 Å². The second-order valence-electron chi connectivity index (χ2n) is 3.55. The van der Waals surface area contributed by atoms with Crippen LogP contribution in [0.5, 0.6) is 0 Å². The van der Waals surface area contributed by atoms with E-state index in [1.54, 1.807) is 6.20 Å². The Labute approximate surface area is 108 Å². The van der Waals surface area contributed by atoms with Gasteiger partial charge in [0.2, 0.25) is 0 Å². The Balaban J connectivity index is 2.37. The Morgan fingerprint density at radius 3 is 2.56 bits per heavy atom. The maximum Gasteiger partial charge on any atom is 0.131 e. The molecule has 0 bridgehead atoms. The molecule has 1 aromatic heterocycles. The number of hydrazine groups is 1. The Hall–Kier alpha value is -0.920. The number of aromatic nitrogens is 2. The summed E-state index contributed by atoms with van der Waals surface area (Å²) in [4.78, 5) is 4.30. The van der Waals surface area contributed by atoms with Gasteiger partial charge in [0.1, 0.15) is 11.9 Å². The van der Waals surface area contributed by atoms with E-state index in [4.69, 9.17) is 5.84 Å². The van der Waals surface area contributed by atoms with Gasteiger partial charge in [-0.2, -0.15) is 0 Å². The van der Waals surface area contributed by atoms with Crippen LogP contribution in [0.15, 0.2) is 36.7 Å². The van der Waals surface area contributed by atoms with Crippen LogP contribution in [-0.2, 0) is 7.05 Å². The fourth-order valence-electron chi connectivity index (χ4n) is 1.63. The number of nitrogens with two attached hydrogens (primary N) is 1. The maximum atomic E-state index is 5.60. The molecule has 0 spiro atoms. The van der Waals surface area contributed by atoms with Crippen LogP contribution < -0.4 is 11.3 Å². The molecule has 1 unspecified atom stereocenters. The molecule has 0 fully saturated rings. The first-order valence-electron chi connectivity index (χ1n) is 4.91. The summed E-state index contributed by atoms with van der Waals surface area (Å²) in [5, 5.41) is 0. The third-order valence-corrected chi connectivity index (χ3v) is 3.21. The fraction of sp³-hybridized carbons (Fsp3) is 0.182. The lowest BCUT2D eigenvalue weighted by Crippen LogP contribution is -2.30. The van der Waals surface area contributed by atoms with Gasteiger partial charge in [0.15, 0.2) is 0 Å². The number of aryl methyl sites for hydroxylation is 1. The van der Waals surface area contributed by atoms with E-state index in [9.17, 15) is 0 Å². The minimum absolute atomic E-state index is 0.0722. The highest BCUT2D eigenvalue weighted by atomic mass is 127. The van der Waals surface area contributed by atoms with Gasteiger partial charge in [0.05, 0.1) is 0 Å². The predicted octanol–water partition coefficient (Wildman–Crippen LogP) is 1.58. The average Bonchev–Trinajstić information content (AvgIpc) is 2.69. The van der Waals surface area contributed by atoms with Gasteiger partial charge in [-0.1, -0.05) is 12.1 Å². The zero-order valence-corrected chi connectivity index (χ0v) is 11.0. The van der Waals surface area contributed by atoms with Gasteiger partial charge in [-0.25, -0.2) is 10.4 Å². The summed E-state index contributed by atoms with van der Waals surface area (Å²) >= 11 is 2.28. The highest BCUT2D eigenvalue weighted by molar-refractivity contribution is 14.1. The van der Waals surface area contributed by atoms with Crippen molar-refractivity contribution in [2.75, 3.05) is 0 Å². The highest BCUT2D eigenvalue weighted by Crippen LogP contribution is 2.20. The second kappa shape index (κ2) is 4.94. The van der Waals surface area contributed by atoms with Crippen LogP contribution in [0.3, 0.4) is 0 Å². The van der Waals surface area contributed by atoms with E-state index in [0.717, 1.165) is 11.4 Å². The van der Waals surface area contributed by atoms with Crippen LogP contribution in [0.4, 0.5) is 0 Å². The Kier molecular flexibility index (Phi) is 3.57. The molecule has 0 amide bonds. The molecule has 2 rings (SSSR count). The largest absolute Gasteiger partial charge is 0.336 e. The van der Waals surface area contributed by atoms with E-state index in [2.05, 4.69) is 57.3 Å². The first-order chi connectivity index (χ1) is 7.72. The standard InChI is InChI=1S/C11H13IN4/c1-16-7-6-14-11(16)10(15-13)8-2-4-9(12)5-3-8/h2-7,10,15H,13H2,1H3. The van der Waals surface area contributed by atoms with E-state index < -0.39 is 0 Å². The number of hydrogen-bond donors (Lipinski definition) is 2. The van der Waals surface area contributed by atoms with E-state index in [1.165, 1.54) is 3.57 Å². The molecule has 0 aliphatic carbocycles. The fourth-order valence-corrected chi connectivity index (χ4v) is 1.99. The third-order valence-electron chi connectivity index (χ3n) is 2.49. The number of nitrogens with zero attached hydrogens (tertiary/aromatic N) is 2. The number of nitrogens with one attached hydrogen (secondary N) is 1. The van der Waals surface area contributed by atoms with Crippen LogP contribution in [0.1, 0.15) is 17.4 Å². The molecule has 5 heteroatoms. The normalized spacial score (nSPS) is 12.7. The molecule has 0 saturated heterocycles. The monoisotopic (exact) mass is 328 g/mol. The molecule has 4 nitrogen and oxygen atoms in total. The molecule has 84 valence electrons. The summed E-state index contributed by atoms with van der Waals surface area (Å²) in [6, 6.07) is 8.16. The Bertz CT molecular complexity index is 463. The van der Waals surface area contributed by atoms with Crippen molar-refractivity contribution in [1.29, 1.82) is 0 Å². The zero-order chi connectivity index (χ0) is 11.5. The van der Waals surface area contributed by atoms with Crippen molar-refractivity contribution < 1.29 is 0 Å². The van der Waals surface area contributed by atoms with Gasteiger partial charge >= 0.3 is 0 Å². The Morgan fingerprint density at radius 2 is 2.06 bits per heavy atom. The van der Waals surface area contributed by atoms with E-state index in [-0.39, 0.29) is 6.04 Å². The molecule has 0 radical (unpaired) electrons. The molecule has 0 aliphatic heterocycles. The summed E-state index contributed by atoms with van der Waals surface area (Å²) < 4.78 is 3.17. The highest BCUT2D eigenvalue weighted by Gasteiger charge is 2.15. The number of halogens is 1. The van der Waals surface area contributed by atoms with Crippen LogP contribution in [0, 0.1) is 3.57 Å². The van der Waals surface area contributed by atoms with E-state index in [0.29, 0.717) is 0 Å². The molecule has 16 heavy (non-hydrogen) atoms. The van der Waals surface area contributed by atoms with Crippen molar-refractivity contribution in [3.05, 3.63) is 51.6 Å². The van der Waals surface area contributed by atoms with Crippen LogP contribution in [-0.4, -0.2) is 9.55 Å². The SMILES string of the molecule is Cn1ccnc1C(NN)c1ccc(I)cc1.